The molecule has 2 aliphatic rings. The minimum Gasteiger partial charge on any atom is -0.486 e. The van der Waals surface area contributed by atoms with Gasteiger partial charge in [-0.1, -0.05) is 6.07 Å². The van der Waals surface area contributed by atoms with Crippen LogP contribution in [0.1, 0.15) is 47.4 Å². The summed E-state index contributed by atoms with van der Waals surface area (Å²) in [5.74, 6) is 1.47. The van der Waals surface area contributed by atoms with Gasteiger partial charge in [0.25, 0.3) is 11.5 Å². The fourth-order valence-electron chi connectivity index (χ4n) is 4.61. The third-order valence-corrected chi connectivity index (χ3v) is 6.14. The molecule has 1 atom stereocenters. The number of hydrogen-bond donors (Lipinski definition) is 0. The van der Waals surface area contributed by atoms with Crippen LogP contribution >= 0.6 is 0 Å². The Kier molecular flexibility index (Phi) is 4.88. The average molecular weight is 419 g/mol. The molecule has 0 bridgehead atoms. The fraction of sp³-hybridized carbons (Fsp3) is 0.375. The summed E-state index contributed by atoms with van der Waals surface area (Å²) in [6, 6.07) is 11.4. The number of rotatable bonds is 3. The molecule has 1 fully saturated rings. The molecule has 1 amide bonds. The maximum atomic E-state index is 13.4. The third-order valence-electron chi connectivity index (χ3n) is 6.14. The van der Waals surface area contributed by atoms with Gasteiger partial charge in [0, 0.05) is 18.7 Å². The topological polar surface area (TPSA) is 73.7 Å². The quantitative estimate of drug-likeness (QED) is 0.650. The summed E-state index contributed by atoms with van der Waals surface area (Å²) in [6.45, 7) is 6.00. The van der Waals surface area contributed by atoms with Crippen molar-refractivity contribution in [2.24, 2.45) is 0 Å². The largest absolute Gasteiger partial charge is 0.486 e. The Bertz CT molecular complexity index is 1230. The SMILES string of the molecule is CCn1c(=O)c(C)nc2cc(C(=O)N3CCC[C@H]3c3ccc4c(c3)OCCO4)ccc21. The monoisotopic (exact) mass is 419 g/mol. The van der Waals surface area contributed by atoms with Gasteiger partial charge < -0.3 is 18.9 Å². The minimum absolute atomic E-state index is 0.00156. The Morgan fingerprint density at radius 1 is 1.13 bits per heavy atom. The second kappa shape index (κ2) is 7.72. The first-order valence-corrected chi connectivity index (χ1v) is 10.8. The molecule has 5 rings (SSSR count). The van der Waals surface area contributed by atoms with Gasteiger partial charge in [-0.25, -0.2) is 4.98 Å². The lowest BCUT2D eigenvalue weighted by Crippen LogP contribution is -2.31. The van der Waals surface area contributed by atoms with Crippen molar-refractivity contribution in [3.8, 4) is 11.5 Å². The van der Waals surface area contributed by atoms with Gasteiger partial charge in [-0.15, -0.1) is 0 Å². The van der Waals surface area contributed by atoms with E-state index in [-0.39, 0.29) is 17.5 Å². The number of amides is 1. The number of likely N-dealkylation sites (tertiary alicyclic amines) is 1. The molecular weight excluding hydrogens is 394 g/mol. The van der Waals surface area contributed by atoms with E-state index >= 15 is 0 Å². The van der Waals surface area contributed by atoms with E-state index < -0.39 is 0 Å². The number of aromatic nitrogens is 2. The number of carbonyl (C=O) groups excluding carboxylic acids is 1. The van der Waals surface area contributed by atoms with E-state index in [9.17, 15) is 9.59 Å². The van der Waals surface area contributed by atoms with Gasteiger partial charge in [-0.05, 0) is 62.6 Å². The molecule has 31 heavy (non-hydrogen) atoms. The maximum absolute atomic E-state index is 13.4. The lowest BCUT2D eigenvalue weighted by Gasteiger charge is -2.27. The Morgan fingerprint density at radius 3 is 2.74 bits per heavy atom. The van der Waals surface area contributed by atoms with Gasteiger partial charge in [-0.3, -0.25) is 9.59 Å². The van der Waals surface area contributed by atoms with Crippen LogP contribution < -0.4 is 15.0 Å². The number of aryl methyl sites for hydroxylation is 2. The van der Waals surface area contributed by atoms with Gasteiger partial charge in [0.2, 0.25) is 0 Å². The van der Waals surface area contributed by atoms with Crippen LogP contribution in [0.2, 0.25) is 0 Å². The second-order valence-electron chi connectivity index (χ2n) is 8.01. The highest BCUT2D eigenvalue weighted by atomic mass is 16.6. The molecule has 3 heterocycles. The maximum Gasteiger partial charge on any atom is 0.272 e. The summed E-state index contributed by atoms with van der Waals surface area (Å²) in [5.41, 5.74) is 3.41. The van der Waals surface area contributed by atoms with Gasteiger partial charge >= 0.3 is 0 Å². The van der Waals surface area contributed by atoms with E-state index in [0.29, 0.717) is 43.1 Å². The van der Waals surface area contributed by atoms with Crippen LogP contribution in [-0.2, 0) is 6.54 Å². The summed E-state index contributed by atoms with van der Waals surface area (Å²) in [6.07, 6.45) is 1.86. The zero-order valence-electron chi connectivity index (χ0n) is 17.8. The lowest BCUT2D eigenvalue weighted by atomic mass is 10.0. The third kappa shape index (κ3) is 3.34. The van der Waals surface area contributed by atoms with Crippen LogP contribution in [0.3, 0.4) is 0 Å². The van der Waals surface area contributed by atoms with Crippen molar-refractivity contribution >= 4 is 16.9 Å². The molecule has 1 saturated heterocycles. The van der Waals surface area contributed by atoms with Gasteiger partial charge in [0.05, 0.1) is 17.1 Å². The molecule has 0 aliphatic carbocycles. The molecule has 160 valence electrons. The second-order valence-corrected chi connectivity index (χ2v) is 8.01. The molecule has 0 N–H and O–H groups in total. The number of ether oxygens (including phenoxy) is 2. The van der Waals surface area contributed by atoms with E-state index in [1.807, 2.05) is 36.1 Å². The summed E-state index contributed by atoms with van der Waals surface area (Å²) in [7, 11) is 0. The molecule has 0 radical (unpaired) electrons. The van der Waals surface area contributed by atoms with Crippen molar-refractivity contribution in [3.05, 3.63) is 63.6 Å². The van der Waals surface area contributed by atoms with Crippen molar-refractivity contribution in [2.45, 2.75) is 39.3 Å². The summed E-state index contributed by atoms with van der Waals surface area (Å²) >= 11 is 0. The molecule has 0 saturated carbocycles. The van der Waals surface area contributed by atoms with Gasteiger partial charge in [0.15, 0.2) is 11.5 Å². The number of hydrogen-bond acceptors (Lipinski definition) is 5. The Hall–Kier alpha value is -3.35. The number of fused-ring (bicyclic) bond motifs is 2. The van der Waals surface area contributed by atoms with Gasteiger partial charge in [-0.2, -0.15) is 0 Å². The van der Waals surface area contributed by atoms with E-state index in [1.165, 1.54) is 0 Å². The van der Waals surface area contributed by atoms with Crippen LogP contribution in [0.4, 0.5) is 0 Å². The summed E-state index contributed by atoms with van der Waals surface area (Å²) < 4.78 is 13.1. The molecule has 0 spiro atoms. The zero-order chi connectivity index (χ0) is 21.5. The molecule has 2 aromatic carbocycles. The molecule has 7 nitrogen and oxygen atoms in total. The van der Waals surface area contributed by atoms with Gasteiger partial charge in [0.1, 0.15) is 18.9 Å². The van der Waals surface area contributed by atoms with Crippen molar-refractivity contribution < 1.29 is 14.3 Å². The highest BCUT2D eigenvalue weighted by molar-refractivity contribution is 5.97. The minimum atomic E-state index is -0.0905. The van der Waals surface area contributed by atoms with E-state index in [1.54, 1.807) is 23.6 Å². The first-order chi connectivity index (χ1) is 15.1. The van der Waals surface area contributed by atoms with Crippen molar-refractivity contribution in [1.82, 2.24) is 14.5 Å². The Labute approximate surface area is 180 Å². The number of benzene rings is 2. The summed E-state index contributed by atoms with van der Waals surface area (Å²) in [5, 5.41) is 0. The number of carbonyl (C=O) groups is 1. The molecule has 7 heteroatoms. The lowest BCUT2D eigenvalue weighted by molar-refractivity contribution is 0.0735. The van der Waals surface area contributed by atoms with Crippen LogP contribution in [0, 0.1) is 6.92 Å². The zero-order valence-corrected chi connectivity index (χ0v) is 17.8. The predicted molar refractivity (Wildman–Crippen MR) is 117 cm³/mol. The van der Waals surface area contributed by atoms with Crippen LogP contribution in [0.15, 0.2) is 41.2 Å². The van der Waals surface area contributed by atoms with Crippen LogP contribution in [0.25, 0.3) is 11.0 Å². The first kappa shape index (κ1) is 19.6. The first-order valence-electron chi connectivity index (χ1n) is 10.8. The molecule has 3 aromatic rings. The highest BCUT2D eigenvalue weighted by Gasteiger charge is 2.31. The van der Waals surface area contributed by atoms with E-state index in [0.717, 1.165) is 35.4 Å². The standard InChI is InChI=1S/C24H25N3O4/c1-3-26-20-8-6-17(13-18(20)25-15(2)23(26)28)24(29)27-10-4-5-19(27)16-7-9-21-22(14-16)31-12-11-30-21/h6-9,13-14,19H,3-5,10-12H2,1-2H3/t19-/m0/s1. The molecule has 1 aromatic heterocycles. The van der Waals surface area contributed by atoms with Crippen molar-refractivity contribution in [2.75, 3.05) is 19.8 Å². The predicted octanol–water partition coefficient (Wildman–Crippen LogP) is 3.47. The van der Waals surface area contributed by atoms with Crippen molar-refractivity contribution in [1.29, 1.82) is 0 Å². The summed E-state index contributed by atoms with van der Waals surface area (Å²) in [4.78, 5) is 32.2. The number of nitrogens with zero attached hydrogens (tertiary/aromatic N) is 3. The fourth-order valence-corrected chi connectivity index (χ4v) is 4.61. The molecule has 2 aliphatic heterocycles. The Balaban J connectivity index is 1.48. The van der Waals surface area contributed by atoms with Crippen molar-refractivity contribution in [3.63, 3.8) is 0 Å². The Morgan fingerprint density at radius 2 is 1.94 bits per heavy atom. The normalized spacial score (nSPS) is 17.9. The average Bonchev–Trinajstić information content (AvgIpc) is 3.29. The molecule has 0 unspecified atom stereocenters. The van der Waals surface area contributed by atoms with Crippen LogP contribution in [-0.4, -0.2) is 40.1 Å². The van der Waals surface area contributed by atoms with Crippen LogP contribution in [0.5, 0.6) is 11.5 Å². The smallest absolute Gasteiger partial charge is 0.272 e. The van der Waals surface area contributed by atoms with E-state index in [2.05, 4.69) is 4.98 Å². The molecular formula is C24H25N3O4. The van der Waals surface area contributed by atoms with E-state index in [4.69, 9.17) is 9.47 Å². The highest BCUT2D eigenvalue weighted by Crippen LogP contribution is 2.38.